The van der Waals surface area contributed by atoms with Gasteiger partial charge in [0.15, 0.2) is 0 Å². The van der Waals surface area contributed by atoms with Gasteiger partial charge in [0.05, 0.1) is 16.8 Å². The highest BCUT2D eigenvalue weighted by Crippen LogP contribution is 2.30. The molecule has 9 nitrogen and oxygen atoms in total. The maximum atomic E-state index is 13.5. The van der Waals surface area contributed by atoms with Gasteiger partial charge in [-0.05, 0) is 31.2 Å². The summed E-state index contributed by atoms with van der Waals surface area (Å²) < 4.78 is 19.1. The van der Waals surface area contributed by atoms with Gasteiger partial charge in [0.2, 0.25) is 0 Å². The second kappa shape index (κ2) is 8.78. The standard InChI is InChI=1S/C20H15FN4O5/c1-12-14(5-4-8-17(12)25(28)29)18-10-9-13(30-18)11-22-24-20(27)19(26)23-16-7-3-2-6-15(16)21/h2-11H,1H3,(H,23,26)(H,24,27)/b22-11+. The van der Waals surface area contributed by atoms with Gasteiger partial charge in [-0.15, -0.1) is 0 Å². The number of rotatable bonds is 5. The Morgan fingerprint density at radius 3 is 2.60 bits per heavy atom. The average molecular weight is 410 g/mol. The quantitative estimate of drug-likeness (QED) is 0.288. The van der Waals surface area contributed by atoms with Crippen LogP contribution in [0.25, 0.3) is 11.3 Å². The zero-order valence-corrected chi connectivity index (χ0v) is 15.6. The maximum absolute atomic E-state index is 13.5. The molecule has 0 aliphatic rings. The second-order valence-electron chi connectivity index (χ2n) is 6.04. The fraction of sp³-hybridized carbons (Fsp3) is 0.0500. The average Bonchev–Trinajstić information content (AvgIpc) is 3.18. The molecule has 2 amide bonds. The lowest BCUT2D eigenvalue weighted by molar-refractivity contribution is -0.385. The number of hydrogen-bond donors (Lipinski definition) is 2. The lowest BCUT2D eigenvalue weighted by Crippen LogP contribution is -2.32. The van der Waals surface area contributed by atoms with Crippen molar-refractivity contribution in [2.24, 2.45) is 5.10 Å². The number of carbonyl (C=O) groups excluding carboxylic acids is 2. The van der Waals surface area contributed by atoms with E-state index in [0.29, 0.717) is 16.9 Å². The van der Waals surface area contributed by atoms with Gasteiger partial charge in [0.25, 0.3) is 5.69 Å². The lowest BCUT2D eigenvalue weighted by Gasteiger charge is -2.04. The molecule has 30 heavy (non-hydrogen) atoms. The molecular formula is C20H15FN4O5. The molecule has 1 aromatic heterocycles. The Morgan fingerprint density at radius 1 is 1.10 bits per heavy atom. The Hall–Kier alpha value is -4.34. The van der Waals surface area contributed by atoms with E-state index in [0.717, 1.165) is 12.3 Å². The van der Waals surface area contributed by atoms with Gasteiger partial charge < -0.3 is 9.73 Å². The fourth-order valence-electron chi connectivity index (χ4n) is 2.60. The summed E-state index contributed by atoms with van der Waals surface area (Å²) in [5, 5.41) is 16.8. The third-order valence-corrected chi connectivity index (χ3v) is 4.08. The first-order valence-corrected chi connectivity index (χ1v) is 8.60. The number of nitrogens with one attached hydrogen (secondary N) is 2. The SMILES string of the molecule is Cc1c(-c2ccc(/C=N/NC(=O)C(=O)Nc3ccccc3F)o2)cccc1[N+](=O)[O-]. The minimum atomic E-state index is -1.10. The van der Waals surface area contributed by atoms with Crippen LogP contribution in [0.5, 0.6) is 0 Å². The van der Waals surface area contributed by atoms with Crippen molar-refractivity contribution in [1.82, 2.24) is 5.43 Å². The van der Waals surface area contributed by atoms with Crippen molar-refractivity contribution in [3.8, 4) is 11.3 Å². The van der Waals surface area contributed by atoms with Crippen molar-refractivity contribution in [3.63, 3.8) is 0 Å². The largest absolute Gasteiger partial charge is 0.455 e. The summed E-state index contributed by atoms with van der Waals surface area (Å²) in [7, 11) is 0. The molecule has 0 spiro atoms. The van der Waals surface area contributed by atoms with E-state index in [4.69, 9.17) is 4.42 Å². The van der Waals surface area contributed by atoms with Gasteiger partial charge in [-0.3, -0.25) is 19.7 Å². The summed E-state index contributed by atoms with van der Waals surface area (Å²) >= 11 is 0. The van der Waals surface area contributed by atoms with E-state index < -0.39 is 22.6 Å². The van der Waals surface area contributed by atoms with Gasteiger partial charge >= 0.3 is 11.8 Å². The number of anilines is 1. The van der Waals surface area contributed by atoms with Crippen LogP contribution in [0.2, 0.25) is 0 Å². The van der Waals surface area contributed by atoms with Gasteiger partial charge in [-0.2, -0.15) is 5.10 Å². The Kier molecular flexibility index (Phi) is 5.97. The first kappa shape index (κ1) is 20.4. The molecule has 0 aliphatic carbocycles. The number of benzene rings is 2. The van der Waals surface area contributed by atoms with Crippen LogP contribution in [-0.2, 0) is 9.59 Å². The molecule has 1 heterocycles. The molecular weight excluding hydrogens is 395 g/mol. The molecule has 0 saturated carbocycles. The predicted molar refractivity (Wildman–Crippen MR) is 106 cm³/mol. The van der Waals surface area contributed by atoms with Crippen LogP contribution in [0.15, 0.2) is 64.1 Å². The maximum Gasteiger partial charge on any atom is 0.329 e. The van der Waals surface area contributed by atoms with Crippen molar-refractivity contribution in [2.45, 2.75) is 6.92 Å². The molecule has 3 rings (SSSR count). The van der Waals surface area contributed by atoms with Crippen LogP contribution in [0.3, 0.4) is 0 Å². The van der Waals surface area contributed by atoms with Crippen LogP contribution in [-0.4, -0.2) is 23.0 Å². The van der Waals surface area contributed by atoms with Gasteiger partial charge in [-0.1, -0.05) is 24.3 Å². The van der Waals surface area contributed by atoms with E-state index in [9.17, 15) is 24.1 Å². The Morgan fingerprint density at radius 2 is 1.87 bits per heavy atom. The number of hydrazone groups is 1. The fourth-order valence-corrected chi connectivity index (χ4v) is 2.60. The molecule has 2 N–H and O–H groups in total. The highest BCUT2D eigenvalue weighted by atomic mass is 19.1. The number of para-hydroxylation sites is 1. The summed E-state index contributed by atoms with van der Waals surface area (Å²) in [6.45, 7) is 1.61. The molecule has 0 aliphatic heterocycles. The molecule has 152 valence electrons. The summed E-state index contributed by atoms with van der Waals surface area (Å²) in [5.74, 6) is -2.26. The Labute approximate surface area is 169 Å². The monoisotopic (exact) mass is 410 g/mol. The number of carbonyl (C=O) groups is 2. The zero-order valence-electron chi connectivity index (χ0n) is 15.6. The third kappa shape index (κ3) is 4.55. The smallest absolute Gasteiger partial charge is 0.329 e. The minimum Gasteiger partial charge on any atom is -0.455 e. The Bertz CT molecular complexity index is 1160. The van der Waals surface area contributed by atoms with Crippen molar-refractivity contribution in [3.05, 3.63) is 81.9 Å². The minimum absolute atomic E-state index is 0.0350. The van der Waals surface area contributed by atoms with Crippen LogP contribution < -0.4 is 10.7 Å². The lowest BCUT2D eigenvalue weighted by atomic mass is 10.1. The topological polar surface area (TPSA) is 127 Å². The van der Waals surface area contributed by atoms with E-state index in [1.807, 2.05) is 5.43 Å². The number of nitrogens with zero attached hydrogens (tertiary/aromatic N) is 2. The molecule has 0 atom stereocenters. The first-order valence-electron chi connectivity index (χ1n) is 8.60. The number of nitro groups is 1. The zero-order chi connectivity index (χ0) is 21.7. The molecule has 0 bridgehead atoms. The number of halogens is 1. The summed E-state index contributed by atoms with van der Waals surface area (Å²) in [6, 6.07) is 13.2. The molecule has 0 fully saturated rings. The Balaban J connectivity index is 1.64. The normalized spacial score (nSPS) is 10.7. The molecule has 0 radical (unpaired) electrons. The second-order valence-corrected chi connectivity index (χ2v) is 6.04. The van der Waals surface area contributed by atoms with Crippen molar-refractivity contribution >= 4 is 29.4 Å². The molecule has 0 saturated heterocycles. The van der Waals surface area contributed by atoms with E-state index in [1.165, 1.54) is 24.3 Å². The van der Waals surface area contributed by atoms with Crippen LogP contribution in [0.1, 0.15) is 11.3 Å². The molecule has 0 unspecified atom stereocenters. The van der Waals surface area contributed by atoms with E-state index in [2.05, 4.69) is 10.4 Å². The van der Waals surface area contributed by atoms with E-state index >= 15 is 0 Å². The van der Waals surface area contributed by atoms with Crippen molar-refractivity contribution in [2.75, 3.05) is 5.32 Å². The number of hydrogen-bond acceptors (Lipinski definition) is 6. The third-order valence-electron chi connectivity index (χ3n) is 4.08. The van der Waals surface area contributed by atoms with Crippen molar-refractivity contribution in [1.29, 1.82) is 0 Å². The predicted octanol–water partition coefficient (Wildman–Crippen LogP) is 3.39. The van der Waals surface area contributed by atoms with E-state index in [1.54, 1.807) is 31.2 Å². The van der Waals surface area contributed by atoms with E-state index in [-0.39, 0.29) is 17.1 Å². The summed E-state index contributed by atoms with van der Waals surface area (Å²) in [4.78, 5) is 34.1. The van der Waals surface area contributed by atoms with Gasteiger partial charge in [0, 0.05) is 17.2 Å². The number of furan rings is 1. The van der Waals surface area contributed by atoms with Crippen molar-refractivity contribution < 1.29 is 23.3 Å². The van der Waals surface area contributed by atoms with Gasteiger partial charge in [-0.25, -0.2) is 9.82 Å². The van der Waals surface area contributed by atoms with Crippen LogP contribution in [0.4, 0.5) is 15.8 Å². The highest BCUT2D eigenvalue weighted by molar-refractivity contribution is 6.39. The molecule has 3 aromatic rings. The number of nitro benzene ring substituents is 1. The molecule has 10 heteroatoms. The van der Waals surface area contributed by atoms with Crippen LogP contribution >= 0.6 is 0 Å². The summed E-state index contributed by atoms with van der Waals surface area (Å²) in [5.41, 5.74) is 2.81. The first-order chi connectivity index (χ1) is 14.4. The molecule has 2 aromatic carbocycles. The highest BCUT2D eigenvalue weighted by Gasteiger charge is 2.17. The number of amides is 2. The summed E-state index contributed by atoms with van der Waals surface area (Å²) in [6.07, 6.45) is 1.16. The van der Waals surface area contributed by atoms with Crippen LogP contribution in [0, 0.1) is 22.9 Å². The van der Waals surface area contributed by atoms with Gasteiger partial charge in [0.1, 0.15) is 17.3 Å².